The molecule has 0 spiro atoms. The first-order chi connectivity index (χ1) is 19.2. The Morgan fingerprint density at radius 2 is 1.98 bits per heavy atom. The highest BCUT2D eigenvalue weighted by molar-refractivity contribution is 6.33. The maximum Gasteiger partial charge on any atom is 0.306 e. The number of anilines is 1. The molecular formula is C30H36ClFN4O4. The van der Waals surface area contributed by atoms with Gasteiger partial charge in [-0.2, -0.15) is 5.10 Å². The van der Waals surface area contributed by atoms with E-state index in [1.54, 1.807) is 10.7 Å². The third-order valence-corrected chi connectivity index (χ3v) is 8.28. The normalized spacial score (nSPS) is 20.1. The zero-order valence-corrected chi connectivity index (χ0v) is 24.0. The molecule has 214 valence electrons. The van der Waals surface area contributed by atoms with Gasteiger partial charge < -0.3 is 14.8 Å². The molecule has 40 heavy (non-hydrogen) atoms. The number of fused-ring (bicyclic) bond motifs is 1. The lowest BCUT2D eigenvalue weighted by Crippen LogP contribution is -2.31. The average molecular weight is 571 g/mol. The van der Waals surface area contributed by atoms with E-state index in [1.165, 1.54) is 12.3 Å². The highest BCUT2D eigenvalue weighted by atomic mass is 35.5. The summed E-state index contributed by atoms with van der Waals surface area (Å²) < 4.78 is 27.8. The van der Waals surface area contributed by atoms with Crippen LogP contribution in [0.1, 0.15) is 70.4 Å². The Hall–Kier alpha value is -3.04. The van der Waals surface area contributed by atoms with Crippen molar-refractivity contribution in [2.75, 3.05) is 18.5 Å². The molecule has 3 aromatic rings. The van der Waals surface area contributed by atoms with Crippen LogP contribution >= 0.6 is 11.6 Å². The van der Waals surface area contributed by atoms with Gasteiger partial charge in [0.1, 0.15) is 17.4 Å². The molecule has 1 amide bonds. The van der Waals surface area contributed by atoms with Crippen LogP contribution < -0.4 is 5.32 Å². The summed E-state index contributed by atoms with van der Waals surface area (Å²) in [5, 5.41) is 8.37. The second-order valence-corrected chi connectivity index (χ2v) is 11.7. The molecule has 1 N–H and O–H groups in total. The van der Waals surface area contributed by atoms with E-state index in [-0.39, 0.29) is 35.7 Å². The highest BCUT2D eigenvalue weighted by Gasteiger charge is 2.30. The Kier molecular flexibility index (Phi) is 8.71. The number of carbonyl (C=O) groups is 2. The Morgan fingerprint density at radius 3 is 2.73 bits per heavy atom. The third-order valence-electron chi connectivity index (χ3n) is 7.98. The molecule has 0 radical (unpaired) electrons. The summed E-state index contributed by atoms with van der Waals surface area (Å²) in [7, 11) is 1.81. The largest absolute Gasteiger partial charge is 0.462 e. The van der Waals surface area contributed by atoms with E-state index in [0.717, 1.165) is 43.2 Å². The van der Waals surface area contributed by atoms with Crippen molar-refractivity contribution < 1.29 is 23.5 Å². The number of carbonyl (C=O) groups excluding carboxylic acids is 2. The van der Waals surface area contributed by atoms with Gasteiger partial charge in [-0.15, -0.1) is 0 Å². The molecule has 1 saturated heterocycles. The van der Waals surface area contributed by atoms with Crippen molar-refractivity contribution in [3.8, 4) is 11.1 Å². The summed E-state index contributed by atoms with van der Waals surface area (Å²) in [4.78, 5) is 30.0. The van der Waals surface area contributed by atoms with Crippen molar-refractivity contribution in [1.82, 2.24) is 14.8 Å². The number of nitrogens with one attached hydrogen (secondary N) is 1. The molecule has 2 atom stereocenters. The van der Waals surface area contributed by atoms with E-state index < -0.39 is 5.82 Å². The fourth-order valence-corrected chi connectivity index (χ4v) is 6.26. The first kappa shape index (κ1) is 28.5. The SMILES string of the molecule is CC(C)c1c2cc(-c3cc(NC(=O)[C@H]4CCC[C@@H](CC(=O)OC5CCOCC5)C4)ncc3Cl)cc(F)c2nn1C. The molecule has 1 aliphatic carbocycles. The summed E-state index contributed by atoms with van der Waals surface area (Å²) in [6.45, 7) is 5.32. The third kappa shape index (κ3) is 6.31. The molecule has 1 aliphatic heterocycles. The Morgan fingerprint density at radius 1 is 1.20 bits per heavy atom. The summed E-state index contributed by atoms with van der Waals surface area (Å²) in [5.41, 5.74) is 2.40. The second kappa shape index (κ2) is 12.2. The van der Waals surface area contributed by atoms with Gasteiger partial charge in [-0.3, -0.25) is 14.3 Å². The van der Waals surface area contributed by atoms with Crippen LogP contribution in [0.5, 0.6) is 0 Å². The Balaban J connectivity index is 1.28. The monoisotopic (exact) mass is 570 g/mol. The molecule has 0 unspecified atom stereocenters. The van der Waals surface area contributed by atoms with Gasteiger partial charge in [0.05, 0.1) is 18.2 Å². The van der Waals surface area contributed by atoms with Crippen molar-refractivity contribution in [1.29, 1.82) is 0 Å². The number of hydrogen-bond acceptors (Lipinski definition) is 6. The van der Waals surface area contributed by atoms with E-state index in [4.69, 9.17) is 21.1 Å². The minimum absolute atomic E-state index is 0.0709. The number of hydrogen-bond donors (Lipinski definition) is 1. The zero-order valence-electron chi connectivity index (χ0n) is 23.2. The summed E-state index contributed by atoms with van der Waals surface area (Å²) >= 11 is 6.50. The van der Waals surface area contributed by atoms with E-state index in [2.05, 4.69) is 15.4 Å². The van der Waals surface area contributed by atoms with E-state index in [0.29, 0.717) is 53.5 Å². The lowest BCUT2D eigenvalue weighted by molar-refractivity contribution is -0.154. The van der Waals surface area contributed by atoms with Crippen LogP contribution in [0.4, 0.5) is 10.2 Å². The summed E-state index contributed by atoms with van der Waals surface area (Å²) in [5.74, 6) is -0.392. The second-order valence-electron chi connectivity index (χ2n) is 11.3. The first-order valence-corrected chi connectivity index (χ1v) is 14.5. The molecule has 2 aromatic heterocycles. The highest BCUT2D eigenvalue weighted by Crippen LogP contribution is 2.36. The van der Waals surface area contributed by atoms with Crippen LogP contribution in [0.25, 0.3) is 22.0 Å². The van der Waals surface area contributed by atoms with Gasteiger partial charge in [-0.05, 0) is 54.9 Å². The molecule has 2 fully saturated rings. The van der Waals surface area contributed by atoms with Crippen LogP contribution in [-0.2, 0) is 26.1 Å². The molecule has 5 rings (SSSR count). The van der Waals surface area contributed by atoms with Gasteiger partial charge >= 0.3 is 5.97 Å². The van der Waals surface area contributed by atoms with Crippen LogP contribution in [0, 0.1) is 17.7 Å². The number of pyridine rings is 1. The first-order valence-electron chi connectivity index (χ1n) is 14.1. The van der Waals surface area contributed by atoms with Crippen LogP contribution in [0.3, 0.4) is 0 Å². The molecule has 0 bridgehead atoms. The number of benzene rings is 1. The van der Waals surface area contributed by atoms with Crippen molar-refractivity contribution in [2.24, 2.45) is 18.9 Å². The van der Waals surface area contributed by atoms with Crippen molar-refractivity contribution in [3.05, 3.63) is 40.9 Å². The van der Waals surface area contributed by atoms with Crippen LogP contribution in [0.2, 0.25) is 5.02 Å². The van der Waals surface area contributed by atoms with Gasteiger partial charge in [-0.25, -0.2) is 9.37 Å². The standard InChI is InChI=1S/C30H36ClFN4O4/c1-17(2)29-23-13-20(14-25(32)28(23)35-36(29)3)22-15-26(33-16-24(22)31)34-30(38)19-6-4-5-18(11-19)12-27(37)40-21-7-9-39-10-8-21/h13-19,21H,4-12H2,1-3H3,(H,33,34,38)/t18-,19+/m1/s1. The number of amides is 1. The van der Waals surface area contributed by atoms with Crippen LogP contribution in [-0.4, -0.2) is 46.0 Å². The van der Waals surface area contributed by atoms with Gasteiger partial charge in [-0.1, -0.05) is 31.9 Å². The summed E-state index contributed by atoms with van der Waals surface area (Å²) in [6, 6.07) is 4.98. The molecule has 8 nitrogen and oxygen atoms in total. The predicted molar refractivity (Wildman–Crippen MR) is 152 cm³/mol. The van der Waals surface area contributed by atoms with Gasteiger partial charge in [0.2, 0.25) is 5.91 Å². The van der Waals surface area contributed by atoms with Crippen LogP contribution in [0.15, 0.2) is 24.4 Å². The molecular weight excluding hydrogens is 535 g/mol. The van der Waals surface area contributed by atoms with E-state index in [9.17, 15) is 9.59 Å². The number of rotatable bonds is 7. The number of aromatic nitrogens is 3. The van der Waals surface area contributed by atoms with E-state index in [1.807, 2.05) is 27.0 Å². The van der Waals surface area contributed by atoms with Gasteiger partial charge in [0, 0.05) is 55.1 Å². The van der Waals surface area contributed by atoms with E-state index >= 15 is 4.39 Å². The quantitative estimate of drug-likeness (QED) is 0.330. The zero-order chi connectivity index (χ0) is 28.4. The minimum atomic E-state index is -0.433. The maximum atomic E-state index is 15.1. The number of nitrogens with zero attached hydrogens (tertiary/aromatic N) is 3. The van der Waals surface area contributed by atoms with Crippen molar-refractivity contribution >= 4 is 40.2 Å². The number of halogens is 2. The number of esters is 1. The van der Waals surface area contributed by atoms with Crippen molar-refractivity contribution in [3.63, 3.8) is 0 Å². The number of aryl methyl sites for hydroxylation is 1. The molecule has 10 heteroatoms. The molecule has 2 aliphatic rings. The predicted octanol–water partition coefficient (Wildman–Crippen LogP) is 6.41. The smallest absolute Gasteiger partial charge is 0.306 e. The number of ether oxygens (including phenoxy) is 2. The lowest BCUT2D eigenvalue weighted by Gasteiger charge is -2.29. The average Bonchev–Trinajstić information content (AvgIpc) is 3.27. The van der Waals surface area contributed by atoms with Gasteiger partial charge in [0.25, 0.3) is 0 Å². The van der Waals surface area contributed by atoms with Crippen molar-refractivity contribution in [2.45, 2.75) is 70.8 Å². The Bertz CT molecular complexity index is 1400. The Labute approximate surface area is 238 Å². The molecule has 1 saturated carbocycles. The van der Waals surface area contributed by atoms with Gasteiger partial charge in [0.15, 0.2) is 5.82 Å². The molecule has 3 heterocycles. The summed E-state index contributed by atoms with van der Waals surface area (Å²) in [6.07, 6.45) is 6.33. The maximum absolute atomic E-state index is 15.1. The molecule has 1 aromatic carbocycles. The fraction of sp³-hybridized carbons (Fsp3) is 0.533. The lowest BCUT2D eigenvalue weighted by atomic mass is 9.79. The fourth-order valence-electron chi connectivity index (χ4n) is 6.05. The topological polar surface area (TPSA) is 95.3 Å². The minimum Gasteiger partial charge on any atom is -0.462 e.